The molecule has 6 aromatic heterocycles. The average Bonchev–Trinajstić information content (AvgIpc) is 4.12. The summed E-state index contributed by atoms with van der Waals surface area (Å²) < 4.78 is 3.32. The first-order valence-corrected chi connectivity index (χ1v) is 23.8. The maximum Gasteiger partial charge on any atom is 0.354 e. The summed E-state index contributed by atoms with van der Waals surface area (Å²) in [4.78, 5) is 84.4. The summed E-state index contributed by atoms with van der Waals surface area (Å²) in [5.74, 6) is -4.59. The van der Waals surface area contributed by atoms with Crippen LogP contribution in [0.1, 0.15) is 83.7 Å². The smallest absolute Gasteiger partial charge is 0.354 e. The van der Waals surface area contributed by atoms with Crippen molar-refractivity contribution in [3.05, 3.63) is 162 Å². The number of carbonyl (C=O) groups excluding carboxylic acids is 3. The van der Waals surface area contributed by atoms with Crippen LogP contribution >= 0.6 is 34.0 Å². The number of benzene rings is 3. The van der Waals surface area contributed by atoms with Gasteiger partial charge in [-0.15, -0.1) is 34.0 Å². The van der Waals surface area contributed by atoms with Gasteiger partial charge in [0.2, 0.25) is 0 Å². The molecule has 6 N–H and O–H groups in total. The molecule has 9 aromatic rings. The molecule has 0 aliphatic rings. The van der Waals surface area contributed by atoms with Crippen LogP contribution in [0, 0.1) is 38.2 Å². The molecule has 70 heavy (non-hydrogen) atoms. The van der Waals surface area contributed by atoms with E-state index in [0.29, 0.717) is 36.3 Å². The first-order valence-electron chi connectivity index (χ1n) is 21.3. The van der Waals surface area contributed by atoms with Gasteiger partial charge < -0.3 is 31.3 Å². The summed E-state index contributed by atoms with van der Waals surface area (Å²) in [6, 6.07) is 39.1. The topological polar surface area (TPSA) is 238 Å². The van der Waals surface area contributed by atoms with Crippen LogP contribution in [0.2, 0.25) is 0 Å². The monoisotopic (exact) mass is 1140 g/mol. The number of amides is 3. The Hall–Kier alpha value is -6.92. The molecule has 9 rings (SSSR count). The second-order valence-electron chi connectivity index (χ2n) is 14.8. The Balaban J connectivity index is 0.000000171. The third kappa shape index (κ3) is 12.8. The summed E-state index contributed by atoms with van der Waals surface area (Å²) in [6.07, 6.45) is 0. The molecule has 358 valence electrons. The molecule has 0 spiro atoms. The summed E-state index contributed by atoms with van der Waals surface area (Å²) in [7, 11) is 0. The van der Waals surface area contributed by atoms with E-state index >= 15 is 0 Å². The number of aromatic nitrogens is 3. The van der Waals surface area contributed by atoms with Crippen LogP contribution in [0.15, 0.2) is 127 Å². The van der Waals surface area contributed by atoms with Crippen molar-refractivity contribution in [1.29, 1.82) is 0 Å². The van der Waals surface area contributed by atoms with E-state index in [2.05, 4.69) is 30.9 Å². The first-order chi connectivity index (χ1) is 33.2. The third-order valence-electron chi connectivity index (χ3n) is 9.97. The van der Waals surface area contributed by atoms with E-state index in [1.165, 1.54) is 18.2 Å². The second-order valence-corrected chi connectivity index (χ2v) is 18.1. The normalized spacial score (nSPS) is 10.5. The van der Waals surface area contributed by atoms with E-state index < -0.39 is 17.9 Å². The molecule has 0 atom stereocenters. The molecule has 0 fully saturated rings. The maximum absolute atomic E-state index is 12.0. The zero-order chi connectivity index (χ0) is 49.2. The van der Waals surface area contributed by atoms with Gasteiger partial charge in [-0.2, -0.15) is 0 Å². The summed E-state index contributed by atoms with van der Waals surface area (Å²) in [5, 5.41) is 38.9. The van der Waals surface area contributed by atoms with E-state index in [1.54, 1.807) is 73.0 Å². The van der Waals surface area contributed by atoms with Crippen LogP contribution in [-0.4, -0.2) is 85.5 Å². The zero-order valence-corrected chi connectivity index (χ0v) is 41.9. The van der Waals surface area contributed by atoms with E-state index in [1.807, 2.05) is 91.0 Å². The number of pyridine rings is 3. The van der Waals surface area contributed by atoms with Crippen LogP contribution in [0.25, 0.3) is 61.6 Å². The number of aromatic carboxylic acids is 3. The molecule has 0 bridgehead atoms. The van der Waals surface area contributed by atoms with Crippen molar-refractivity contribution in [2.24, 2.45) is 0 Å². The molecule has 0 saturated carbocycles. The molecule has 15 nitrogen and oxygen atoms in total. The SMILES string of the molecule is CCNC(=O)c1cc(-c2cc3ccccc3s2)cc(C(=O)O)n1.CCNC(=O)c1cc(-c2cc3ccccc3s2)cc(C(=O)O)n1.CCNC(=O)c1cc(-c2cc3ccccc3s2)cc(C(=O)O)n1.[Dy]. The van der Waals surface area contributed by atoms with Crippen molar-refractivity contribution in [2.45, 2.75) is 20.8 Å². The molecule has 0 saturated heterocycles. The maximum atomic E-state index is 12.0. The molecule has 3 amide bonds. The Morgan fingerprint density at radius 3 is 0.871 bits per heavy atom. The molecule has 6 heterocycles. The van der Waals surface area contributed by atoms with Crippen molar-refractivity contribution in [1.82, 2.24) is 30.9 Å². The standard InChI is InChI=1S/3C17H14N2O3S.Dy/c3*1-2-18-16(20)12-7-11(8-13(19-12)17(21)22)15-9-10-5-3-4-6-14(10)23-15;/h3*3-9H,2H2,1H3,(H,18,20)(H,21,22);. The van der Waals surface area contributed by atoms with Gasteiger partial charge >= 0.3 is 17.9 Å². The van der Waals surface area contributed by atoms with E-state index in [4.69, 9.17) is 0 Å². The van der Waals surface area contributed by atoms with Gasteiger partial charge in [0, 0.05) is 86.5 Å². The predicted molar refractivity (Wildman–Crippen MR) is 270 cm³/mol. The molecule has 0 unspecified atom stereocenters. The Bertz CT molecular complexity index is 2970. The van der Waals surface area contributed by atoms with Gasteiger partial charge in [0.1, 0.15) is 34.2 Å². The van der Waals surface area contributed by atoms with Gasteiger partial charge in [-0.3, -0.25) is 14.4 Å². The van der Waals surface area contributed by atoms with Gasteiger partial charge in [-0.05, 0) is 126 Å². The molecule has 19 heteroatoms. The summed E-state index contributed by atoms with van der Waals surface area (Å²) >= 11 is 4.66. The Kier molecular flexibility index (Phi) is 18.0. The van der Waals surface area contributed by atoms with Gasteiger partial charge in [-0.25, -0.2) is 29.3 Å². The fourth-order valence-electron chi connectivity index (χ4n) is 6.82. The average molecular weight is 1140 g/mol. The second kappa shape index (κ2) is 24.1. The van der Waals surface area contributed by atoms with Crippen molar-refractivity contribution < 1.29 is 82.3 Å². The minimum absolute atomic E-state index is 0. The number of carbonyl (C=O) groups is 6. The van der Waals surface area contributed by atoms with Crippen molar-refractivity contribution in [3.63, 3.8) is 0 Å². The third-order valence-corrected chi connectivity index (χ3v) is 13.5. The van der Waals surface area contributed by atoms with Gasteiger partial charge in [0.15, 0.2) is 0 Å². The molecule has 0 radical (unpaired) electrons. The number of nitrogens with one attached hydrogen (secondary N) is 3. The van der Waals surface area contributed by atoms with Gasteiger partial charge in [-0.1, -0.05) is 54.6 Å². The van der Waals surface area contributed by atoms with Crippen LogP contribution in [0.5, 0.6) is 0 Å². The van der Waals surface area contributed by atoms with E-state index in [9.17, 15) is 44.1 Å². The number of hydrogen-bond donors (Lipinski definition) is 6. The number of fused-ring (bicyclic) bond motifs is 3. The minimum Gasteiger partial charge on any atom is -0.477 e. The summed E-state index contributed by atoms with van der Waals surface area (Å²) in [5.41, 5.74) is 1.96. The van der Waals surface area contributed by atoms with Crippen molar-refractivity contribution in [2.75, 3.05) is 19.6 Å². The fraction of sp³-hybridized carbons (Fsp3) is 0.118. The number of nitrogens with zero attached hydrogens (tertiary/aromatic N) is 3. The number of rotatable bonds is 12. The Labute approximate surface area is 442 Å². The Morgan fingerprint density at radius 2 is 0.643 bits per heavy atom. The van der Waals surface area contributed by atoms with Gasteiger partial charge in [0.05, 0.1) is 0 Å². The minimum atomic E-state index is -1.15. The van der Waals surface area contributed by atoms with Gasteiger partial charge in [0.25, 0.3) is 17.7 Å². The molecule has 0 aliphatic heterocycles. The van der Waals surface area contributed by atoms with E-state index in [-0.39, 0.29) is 90.1 Å². The fourth-order valence-corrected chi connectivity index (χ4v) is 9.97. The number of thiophene rings is 3. The number of carboxylic acids is 3. The van der Waals surface area contributed by atoms with Crippen LogP contribution in [-0.2, 0) is 0 Å². The largest absolute Gasteiger partial charge is 0.477 e. The number of hydrogen-bond acceptors (Lipinski definition) is 12. The molecular formula is C51H42DyN6O9S3. The summed E-state index contributed by atoms with van der Waals surface area (Å²) in [6.45, 7) is 6.76. The first kappa shape index (κ1) is 52.5. The Morgan fingerprint density at radius 1 is 0.400 bits per heavy atom. The molecule has 0 aliphatic carbocycles. The quantitative estimate of drug-likeness (QED) is 0.0670. The van der Waals surface area contributed by atoms with Crippen LogP contribution < -0.4 is 16.0 Å². The molecule has 3 aromatic carbocycles. The molecular weight excluding hydrogens is 1100 g/mol. The van der Waals surface area contributed by atoms with Crippen LogP contribution in [0.3, 0.4) is 0 Å². The number of carboxylic acid groups (broad SMARTS) is 3. The van der Waals surface area contributed by atoms with Crippen LogP contribution in [0.4, 0.5) is 0 Å². The predicted octanol–water partition coefficient (Wildman–Crippen LogP) is 10.2. The van der Waals surface area contributed by atoms with E-state index in [0.717, 1.165) is 44.9 Å². The van der Waals surface area contributed by atoms with Crippen molar-refractivity contribution >= 4 is 99.9 Å². The zero-order valence-electron chi connectivity index (χ0n) is 37.4. The van der Waals surface area contributed by atoms with Crippen molar-refractivity contribution in [3.8, 4) is 31.3 Å².